The van der Waals surface area contributed by atoms with Crippen molar-refractivity contribution in [3.8, 4) is 0 Å². The predicted molar refractivity (Wildman–Crippen MR) is 114 cm³/mol. The maximum atomic E-state index is 14.2. The molecular weight excluding hydrogens is 563 g/mol. The van der Waals surface area contributed by atoms with Crippen LogP contribution >= 0.6 is 23.2 Å². The topological polar surface area (TPSA) is 66.8 Å². The van der Waals surface area contributed by atoms with Crippen LogP contribution in [0.15, 0.2) is 35.6 Å². The number of benzene rings is 1. The van der Waals surface area contributed by atoms with Crippen LogP contribution in [0.5, 0.6) is 0 Å². The summed E-state index contributed by atoms with van der Waals surface area (Å²) in [5.41, 5.74) is -2.79. The molecule has 1 unspecified atom stereocenters. The van der Waals surface area contributed by atoms with E-state index in [1.165, 1.54) is 22.5 Å². The van der Waals surface area contributed by atoms with Crippen LogP contribution in [0.4, 0.5) is 35.1 Å². The second-order valence-corrected chi connectivity index (χ2v) is 9.21. The number of carbonyl (C=O) groups excluding carboxylic acids is 1. The molecule has 3 heterocycles. The van der Waals surface area contributed by atoms with Crippen molar-refractivity contribution in [1.82, 2.24) is 15.2 Å². The van der Waals surface area contributed by atoms with Gasteiger partial charge in [0.2, 0.25) is 0 Å². The lowest BCUT2D eigenvalue weighted by atomic mass is 9.89. The number of amidine groups is 1. The van der Waals surface area contributed by atoms with Gasteiger partial charge in [-0.05, 0) is 35.4 Å². The first-order valence-corrected chi connectivity index (χ1v) is 11.0. The van der Waals surface area contributed by atoms with Gasteiger partial charge in [-0.25, -0.2) is 0 Å². The van der Waals surface area contributed by atoms with E-state index in [0.717, 1.165) is 18.2 Å². The van der Waals surface area contributed by atoms with E-state index in [9.17, 15) is 39.9 Å². The molecule has 2 aliphatic heterocycles. The minimum absolute atomic E-state index is 0.0306. The van der Waals surface area contributed by atoms with Gasteiger partial charge in [0, 0.05) is 34.9 Å². The maximum absolute atomic E-state index is 14.2. The molecule has 2 aliphatic rings. The predicted octanol–water partition coefficient (Wildman–Crippen LogP) is 5.82. The Morgan fingerprint density at radius 2 is 1.62 bits per heavy atom. The van der Waals surface area contributed by atoms with E-state index in [0.29, 0.717) is 11.1 Å². The van der Waals surface area contributed by atoms with Gasteiger partial charge in [-0.15, -0.1) is 0 Å². The smallest absolute Gasteiger partial charge is 0.372 e. The molecule has 0 radical (unpaired) electrons. The molecule has 0 spiro atoms. The summed E-state index contributed by atoms with van der Waals surface area (Å²) in [5.74, 6) is -6.50. The summed E-state index contributed by atoms with van der Waals surface area (Å²) >= 11 is 11.8. The third kappa shape index (κ3) is 5.13. The van der Waals surface area contributed by atoms with Crippen LogP contribution in [0.3, 0.4) is 0 Å². The van der Waals surface area contributed by atoms with Gasteiger partial charge >= 0.3 is 18.3 Å². The number of alkyl halides is 8. The fraction of sp³-hybridized carbons (Fsp3) is 0.381. The van der Waals surface area contributed by atoms with Crippen molar-refractivity contribution in [2.75, 3.05) is 6.54 Å². The molecule has 1 aromatic heterocycles. The van der Waals surface area contributed by atoms with Gasteiger partial charge in [-0.2, -0.15) is 35.1 Å². The van der Waals surface area contributed by atoms with Crippen molar-refractivity contribution >= 4 is 34.9 Å². The number of fused-ring (bicyclic) bond motifs is 1. The number of rotatable bonds is 4. The van der Waals surface area contributed by atoms with Gasteiger partial charge in [-0.3, -0.25) is 9.78 Å². The third-order valence-electron chi connectivity index (χ3n) is 5.79. The van der Waals surface area contributed by atoms with Gasteiger partial charge in [-0.1, -0.05) is 28.4 Å². The summed E-state index contributed by atoms with van der Waals surface area (Å²) in [7, 11) is 0. The third-order valence-corrected chi connectivity index (χ3v) is 6.23. The zero-order chi connectivity index (χ0) is 27.4. The van der Waals surface area contributed by atoms with Crippen LogP contribution in [0.1, 0.15) is 33.6 Å². The Bertz CT molecular complexity index is 1250. The molecule has 4 rings (SSSR count). The Morgan fingerprint density at radius 1 is 1.00 bits per heavy atom. The Kier molecular flexibility index (Phi) is 6.72. The molecular formula is C21H14Cl2F8N4O2. The van der Waals surface area contributed by atoms with Gasteiger partial charge in [0.15, 0.2) is 0 Å². The molecule has 0 saturated carbocycles. The van der Waals surface area contributed by atoms with Crippen LogP contribution in [0.25, 0.3) is 0 Å². The molecule has 0 bridgehead atoms. The molecule has 6 nitrogen and oxygen atoms in total. The van der Waals surface area contributed by atoms with Crippen LogP contribution in [-0.4, -0.2) is 46.4 Å². The number of amides is 1. The van der Waals surface area contributed by atoms with E-state index < -0.39 is 48.4 Å². The Hall–Kier alpha value is -2.87. The Morgan fingerprint density at radius 3 is 2.22 bits per heavy atom. The van der Waals surface area contributed by atoms with Crippen molar-refractivity contribution in [1.29, 1.82) is 0 Å². The molecule has 37 heavy (non-hydrogen) atoms. The lowest BCUT2D eigenvalue weighted by molar-refractivity contribution is -0.278. The lowest BCUT2D eigenvalue weighted by Crippen LogP contribution is -2.46. The number of halogens is 10. The highest BCUT2D eigenvalue weighted by molar-refractivity contribution is 6.34. The maximum Gasteiger partial charge on any atom is 0.455 e. The number of aromatic nitrogens is 1. The molecule has 0 aliphatic carbocycles. The number of oxime groups is 1. The Labute approximate surface area is 213 Å². The summed E-state index contributed by atoms with van der Waals surface area (Å²) in [6.07, 6.45) is -10.3. The molecule has 0 fully saturated rings. The second kappa shape index (κ2) is 9.15. The highest BCUT2D eigenvalue weighted by Gasteiger charge is 2.63. The van der Waals surface area contributed by atoms with E-state index in [1.807, 2.05) is 0 Å². The first-order valence-electron chi connectivity index (χ1n) is 10.3. The monoisotopic (exact) mass is 576 g/mol. The number of nitrogens with one attached hydrogen (secondary N) is 1. The minimum Gasteiger partial charge on any atom is -0.372 e. The fourth-order valence-electron chi connectivity index (χ4n) is 3.82. The quantitative estimate of drug-likeness (QED) is 0.466. The van der Waals surface area contributed by atoms with Crippen molar-refractivity contribution in [2.45, 2.75) is 43.4 Å². The molecule has 1 N–H and O–H groups in total. The molecule has 1 atom stereocenters. The van der Waals surface area contributed by atoms with Gasteiger partial charge < -0.3 is 15.1 Å². The summed E-state index contributed by atoms with van der Waals surface area (Å²) in [6, 6.07) is 4.54. The standard InChI is InChI=1S/C21H14Cl2F8N4O2/c22-13-2-12(3-14(23)4-13)18(20(26,27)28)5-16(34-37-18)35-7-10-1-15(32-6-11(10)8-35)17(36)33-9-19(24,25)21(29,30)31/h1-4,6H,5,7-9H2,(H,33,36). The fourth-order valence-corrected chi connectivity index (χ4v) is 4.34. The summed E-state index contributed by atoms with van der Waals surface area (Å²) in [5, 5.41) is 5.04. The van der Waals surface area contributed by atoms with Crippen molar-refractivity contribution < 1.29 is 44.8 Å². The number of nitrogens with zero attached hydrogens (tertiary/aromatic N) is 3. The minimum atomic E-state index is -5.85. The van der Waals surface area contributed by atoms with Crippen LogP contribution < -0.4 is 5.32 Å². The van der Waals surface area contributed by atoms with E-state index in [-0.39, 0.29) is 34.5 Å². The zero-order valence-corrected chi connectivity index (χ0v) is 19.7. The normalized spacial score (nSPS) is 19.9. The van der Waals surface area contributed by atoms with Crippen molar-refractivity contribution in [2.24, 2.45) is 5.16 Å². The molecule has 2 aromatic rings. The number of carbonyl (C=O) groups is 1. The number of pyridine rings is 1. The van der Waals surface area contributed by atoms with Crippen molar-refractivity contribution in [3.63, 3.8) is 0 Å². The van der Waals surface area contributed by atoms with E-state index in [1.54, 1.807) is 0 Å². The number of hydrogen-bond acceptors (Lipinski definition) is 5. The highest BCUT2D eigenvalue weighted by atomic mass is 35.5. The average molecular weight is 577 g/mol. The van der Waals surface area contributed by atoms with Gasteiger partial charge in [0.05, 0.1) is 13.0 Å². The average Bonchev–Trinajstić information content (AvgIpc) is 3.40. The molecule has 200 valence electrons. The number of hydrogen-bond donors (Lipinski definition) is 1. The summed E-state index contributed by atoms with van der Waals surface area (Å²) < 4.78 is 106. The molecule has 1 amide bonds. The lowest BCUT2D eigenvalue weighted by Gasteiger charge is -2.30. The molecule has 0 saturated heterocycles. The van der Waals surface area contributed by atoms with Gasteiger partial charge in [0.25, 0.3) is 11.5 Å². The second-order valence-electron chi connectivity index (χ2n) is 8.34. The summed E-state index contributed by atoms with van der Waals surface area (Å²) in [6.45, 7) is -2.01. The largest absolute Gasteiger partial charge is 0.455 e. The molecule has 16 heteroatoms. The van der Waals surface area contributed by atoms with Crippen LogP contribution in [0.2, 0.25) is 10.0 Å². The highest BCUT2D eigenvalue weighted by Crippen LogP contribution is 2.50. The summed E-state index contributed by atoms with van der Waals surface area (Å²) in [4.78, 5) is 22.2. The first-order chi connectivity index (χ1) is 17.0. The van der Waals surface area contributed by atoms with Gasteiger partial charge in [0.1, 0.15) is 11.5 Å². The first kappa shape index (κ1) is 27.2. The van der Waals surface area contributed by atoms with Crippen LogP contribution in [-0.2, 0) is 23.5 Å². The molecule has 1 aromatic carbocycles. The van der Waals surface area contributed by atoms with Crippen molar-refractivity contribution in [3.05, 3.63) is 62.9 Å². The zero-order valence-electron chi connectivity index (χ0n) is 18.2. The SMILES string of the molecule is O=C(NCC(F)(F)C(F)(F)F)c1cc2c(cn1)CN(C1=NOC(c3cc(Cl)cc(Cl)c3)(C(F)(F)F)C1)C2. The van der Waals surface area contributed by atoms with Crippen LogP contribution in [0, 0.1) is 0 Å². The van der Waals surface area contributed by atoms with E-state index >= 15 is 0 Å². The van der Waals surface area contributed by atoms with E-state index in [4.69, 9.17) is 28.0 Å². The van der Waals surface area contributed by atoms with E-state index in [2.05, 4.69) is 10.1 Å². The Balaban J connectivity index is 1.49.